The highest BCUT2D eigenvalue weighted by Crippen LogP contribution is 2.11. The lowest BCUT2D eigenvalue weighted by molar-refractivity contribution is 0.222. The summed E-state index contributed by atoms with van der Waals surface area (Å²) < 4.78 is 29.8. The average Bonchev–Trinajstić information content (AvgIpc) is 2.37. The molecular formula is C10H21N7O3S. The SMILES string of the molecule is CC(C)Oc1nc(NN)nc(NCCS(=O)(=O)N(C)C)n1. The first-order chi connectivity index (χ1) is 9.74. The Kier molecular flexibility index (Phi) is 6.05. The Hall–Kier alpha value is -1.72. The number of ether oxygens (including phenoxy) is 1. The molecule has 4 N–H and O–H groups in total. The zero-order valence-corrected chi connectivity index (χ0v) is 13.3. The van der Waals surface area contributed by atoms with Crippen LogP contribution in [0.3, 0.4) is 0 Å². The third-order valence-corrected chi connectivity index (χ3v) is 4.12. The second kappa shape index (κ2) is 7.33. The fraction of sp³-hybridized carbons (Fsp3) is 0.700. The van der Waals surface area contributed by atoms with Crippen LogP contribution in [0.4, 0.5) is 11.9 Å². The van der Waals surface area contributed by atoms with Crippen LogP contribution in [0.2, 0.25) is 0 Å². The highest BCUT2D eigenvalue weighted by atomic mass is 32.2. The molecule has 11 heteroatoms. The Bertz CT molecular complexity index is 562. The molecule has 0 unspecified atom stereocenters. The van der Waals surface area contributed by atoms with Crippen molar-refractivity contribution in [2.75, 3.05) is 37.1 Å². The molecule has 21 heavy (non-hydrogen) atoms. The molecule has 0 aromatic carbocycles. The smallest absolute Gasteiger partial charge is 0.323 e. The van der Waals surface area contributed by atoms with Gasteiger partial charge in [0.15, 0.2) is 0 Å². The lowest BCUT2D eigenvalue weighted by atomic mass is 10.5. The summed E-state index contributed by atoms with van der Waals surface area (Å²) >= 11 is 0. The Morgan fingerprint density at radius 1 is 1.24 bits per heavy atom. The second-order valence-corrected chi connectivity index (χ2v) is 6.90. The summed E-state index contributed by atoms with van der Waals surface area (Å²) in [7, 11) is -0.334. The Morgan fingerprint density at radius 3 is 2.38 bits per heavy atom. The topological polar surface area (TPSA) is 135 Å². The first-order valence-electron chi connectivity index (χ1n) is 6.28. The first-order valence-corrected chi connectivity index (χ1v) is 7.89. The van der Waals surface area contributed by atoms with Gasteiger partial charge in [0.25, 0.3) is 0 Å². The van der Waals surface area contributed by atoms with E-state index in [0.29, 0.717) is 0 Å². The van der Waals surface area contributed by atoms with E-state index in [9.17, 15) is 8.42 Å². The summed E-state index contributed by atoms with van der Waals surface area (Å²) in [6.07, 6.45) is -0.111. The van der Waals surface area contributed by atoms with Crippen molar-refractivity contribution in [2.45, 2.75) is 20.0 Å². The molecule has 1 rings (SSSR count). The molecule has 0 aliphatic heterocycles. The average molecular weight is 319 g/mol. The minimum atomic E-state index is -3.29. The molecule has 0 bridgehead atoms. The van der Waals surface area contributed by atoms with E-state index >= 15 is 0 Å². The van der Waals surface area contributed by atoms with Crippen molar-refractivity contribution in [3.05, 3.63) is 0 Å². The van der Waals surface area contributed by atoms with Crippen LogP contribution in [0.5, 0.6) is 6.01 Å². The van der Waals surface area contributed by atoms with Crippen LogP contribution in [0.25, 0.3) is 0 Å². The number of nitrogens with two attached hydrogens (primary N) is 1. The van der Waals surface area contributed by atoms with Gasteiger partial charge in [-0.25, -0.2) is 18.6 Å². The van der Waals surface area contributed by atoms with Crippen LogP contribution in [-0.2, 0) is 10.0 Å². The summed E-state index contributed by atoms with van der Waals surface area (Å²) in [4.78, 5) is 11.9. The molecule has 0 amide bonds. The van der Waals surface area contributed by atoms with Crippen LogP contribution in [0, 0.1) is 0 Å². The van der Waals surface area contributed by atoms with Crippen LogP contribution < -0.4 is 21.3 Å². The summed E-state index contributed by atoms with van der Waals surface area (Å²) in [5.41, 5.74) is 2.30. The standard InChI is InChI=1S/C10H21N7O3S/c1-7(2)20-10-14-8(13-9(15-10)16-11)12-5-6-21(18,19)17(3)4/h7H,5-6,11H2,1-4H3,(H2,12,13,14,15,16). The minimum absolute atomic E-state index is 0.0859. The summed E-state index contributed by atoms with van der Waals surface area (Å²) in [5, 5.41) is 2.80. The predicted molar refractivity (Wildman–Crippen MR) is 79.4 cm³/mol. The van der Waals surface area contributed by atoms with Crippen molar-refractivity contribution in [1.82, 2.24) is 19.3 Å². The largest absolute Gasteiger partial charge is 0.461 e. The maximum atomic E-state index is 11.6. The molecule has 120 valence electrons. The molecule has 1 aromatic rings. The number of aromatic nitrogens is 3. The van der Waals surface area contributed by atoms with Gasteiger partial charge in [-0.05, 0) is 13.8 Å². The molecule has 0 radical (unpaired) electrons. The highest BCUT2D eigenvalue weighted by molar-refractivity contribution is 7.89. The van der Waals surface area contributed by atoms with Gasteiger partial charge < -0.3 is 10.1 Å². The molecule has 0 saturated carbocycles. The van der Waals surface area contributed by atoms with Gasteiger partial charge in [-0.2, -0.15) is 15.0 Å². The van der Waals surface area contributed by atoms with Gasteiger partial charge >= 0.3 is 6.01 Å². The zero-order valence-electron chi connectivity index (χ0n) is 12.5. The van der Waals surface area contributed by atoms with E-state index in [2.05, 4.69) is 25.7 Å². The molecule has 0 aliphatic rings. The minimum Gasteiger partial charge on any atom is -0.461 e. The molecule has 0 atom stereocenters. The van der Waals surface area contributed by atoms with Crippen molar-refractivity contribution in [3.63, 3.8) is 0 Å². The third-order valence-electron chi connectivity index (χ3n) is 2.28. The fourth-order valence-corrected chi connectivity index (χ4v) is 1.96. The van der Waals surface area contributed by atoms with Gasteiger partial charge in [0.05, 0.1) is 11.9 Å². The van der Waals surface area contributed by atoms with Crippen molar-refractivity contribution in [2.24, 2.45) is 5.84 Å². The van der Waals surface area contributed by atoms with E-state index in [0.717, 1.165) is 4.31 Å². The molecule has 0 aliphatic carbocycles. The number of hydrogen-bond donors (Lipinski definition) is 3. The summed E-state index contributed by atoms with van der Waals surface area (Å²) in [6.45, 7) is 3.81. The highest BCUT2D eigenvalue weighted by Gasteiger charge is 2.14. The third kappa shape index (κ3) is 5.65. The van der Waals surface area contributed by atoms with E-state index in [1.54, 1.807) is 0 Å². The number of nitrogens with zero attached hydrogens (tertiary/aromatic N) is 4. The van der Waals surface area contributed by atoms with E-state index in [4.69, 9.17) is 10.6 Å². The molecule has 0 fully saturated rings. The number of sulfonamides is 1. The van der Waals surface area contributed by atoms with Gasteiger partial charge in [-0.15, -0.1) is 0 Å². The second-order valence-electron chi connectivity index (χ2n) is 4.60. The molecule has 0 spiro atoms. The van der Waals surface area contributed by atoms with Gasteiger partial charge in [-0.1, -0.05) is 0 Å². The maximum Gasteiger partial charge on any atom is 0.323 e. The zero-order chi connectivity index (χ0) is 16.0. The van der Waals surface area contributed by atoms with Gasteiger partial charge in [0, 0.05) is 20.6 Å². The molecular weight excluding hydrogens is 298 g/mol. The normalized spacial score (nSPS) is 11.8. The monoisotopic (exact) mass is 319 g/mol. The van der Waals surface area contributed by atoms with Crippen LogP contribution in [-0.4, -0.2) is 60.2 Å². The Labute approximate surface area is 124 Å². The number of hydrazine groups is 1. The number of anilines is 2. The Balaban J connectivity index is 2.74. The lowest BCUT2D eigenvalue weighted by Crippen LogP contribution is -2.28. The summed E-state index contributed by atoms with van der Waals surface area (Å²) in [6, 6.07) is 0.103. The summed E-state index contributed by atoms with van der Waals surface area (Å²) in [5.74, 6) is 5.49. The van der Waals surface area contributed by atoms with E-state index < -0.39 is 10.0 Å². The molecule has 10 nitrogen and oxygen atoms in total. The first kappa shape index (κ1) is 17.3. The van der Waals surface area contributed by atoms with Crippen LogP contribution >= 0.6 is 0 Å². The quantitative estimate of drug-likeness (QED) is 0.417. The molecule has 1 aromatic heterocycles. The lowest BCUT2D eigenvalue weighted by Gasteiger charge is -2.13. The number of nitrogen functional groups attached to an aromatic ring is 1. The molecule has 1 heterocycles. The maximum absolute atomic E-state index is 11.6. The number of nitrogens with one attached hydrogen (secondary N) is 2. The predicted octanol–water partition coefficient (Wildman–Crippen LogP) is -0.752. The fourth-order valence-electron chi connectivity index (χ4n) is 1.24. The van der Waals surface area contributed by atoms with E-state index in [1.165, 1.54) is 14.1 Å². The van der Waals surface area contributed by atoms with Gasteiger partial charge in [-0.3, -0.25) is 5.43 Å². The van der Waals surface area contributed by atoms with Crippen molar-refractivity contribution >= 4 is 21.9 Å². The van der Waals surface area contributed by atoms with E-state index in [1.807, 2.05) is 13.8 Å². The van der Waals surface area contributed by atoms with Gasteiger partial charge in [0.2, 0.25) is 21.9 Å². The van der Waals surface area contributed by atoms with Gasteiger partial charge in [0.1, 0.15) is 0 Å². The van der Waals surface area contributed by atoms with Crippen molar-refractivity contribution in [1.29, 1.82) is 0 Å². The Morgan fingerprint density at radius 2 is 1.86 bits per heavy atom. The van der Waals surface area contributed by atoms with Crippen molar-refractivity contribution in [3.8, 4) is 6.01 Å². The van der Waals surface area contributed by atoms with Crippen LogP contribution in [0.15, 0.2) is 0 Å². The number of rotatable bonds is 8. The van der Waals surface area contributed by atoms with E-state index in [-0.39, 0.29) is 36.3 Å². The molecule has 0 saturated heterocycles. The van der Waals surface area contributed by atoms with Crippen LogP contribution in [0.1, 0.15) is 13.8 Å². The van der Waals surface area contributed by atoms with Crippen molar-refractivity contribution < 1.29 is 13.2 Å². The number of hydrogen-bond acceptors (Lipinski definition) is 9.